The molecule has 4 rings (SSSR count). The van der Waals surface area contributed by atoms with Gasteiger partial charge in [0.05, 0.1) is 0 Å². The van der Waals surface area contributed by atoms with E-state index in [0.29, 0.717) is 0 Å². The first-order chi connectivity index (χ1) is 8.65. The van der Waals surface area contributed by atoms with Gasteiger partial charge < -0.3 is 0 Å². The van der Waals surface area contributed by atoms with Gasteiger partial charge in [0.1, 0.15) is 0 Å². The van der Waals surface area contributed by atoms with E-state index in [0.717, 1.165) is 25.5 Å². The van der Waals surface area contributed by atoms with Gasteiger partial charge in [-0.25, -0.2) is 0 Å². The van der Waals surface area contributed by atoms with Crippen molar-refractivity contribution in [1.82, 2.24) is 0 Å². The van der Waals surface area contributed by atoms with Crippen LogP contribution in [0.4, 0.5) is 0 Å². The molecular weight excluding hydrogens is 947 g/mol. The van der Waals surface area contributed by atoms with Crippen molar-refractivity contribution in [2.45, 2.75) is 40.3 Å². The van der Waals surface area contributed by atoms with Gasteiger partial charge in [-0.15, -0.1) is 0 Å². The van der Waals surface area contributed by atoms with E-state index >= 15 is 0 Å². The summed E-state index contributed by atoms with van der Waals surface area (Å²) in [6.45, 7) is 0. The Morgan fingerprint density at radius 1 is 0.474 bits per heavy atom. The maximum absolute atomic E-state index is 2.38. The van der Waals surface area contributed by atoms with Crippen molar-refractivity contribution in [3.63, 3.8) is 0 Å². The molecule has 4 bridgehead atoms. The Balaban J connectivity index is 0.000000243. The molecule has 0 amide bonds. The van der Waals surface area contributed by atoms with E-state index in [1.807, 2.05) is 0 Å². The molecule has 113 valence electrons. The van der Waals surface area contributed by atoms with Crippen LogP contribution in [0.25, 0.3) is 0 Å². The van der Waals surface area contributed by atoms with E-state index in [-0.39, 0.29) is 0 Å². The summed E-state index contributed by atoms with van der Waals surface area (Å²) < 4.78 is 21.4. The van der Waals surface area contributed by atoms with Gasteiger partial charge in [-0.2, -0.15) is 0 Å². The molecule has 0 nitrogen and oxygen atoms in total. The van der Waals surface area contributed by atoms with Crippen molar-refractivity contribution >= 4 is 116 Å². The average molecular weight is 977 g/mol. The van der Waals surface area contributed by atoms with E-state index in [9.17, 15) is 0 Å². The third-order valence-electron chi connectivity index (χ3n) is 1.08. The fourth-order valence-electron chi connectivity index (χ4n) is 0.717. The fourth-order valence-corrected chi connectivity index (χ4v) is 174. The normalized spacial score (nSPS) is 15.8. The second kappa shape index (κ2) is 13.1. The molecule has 0 saturated carbocycles. The summed E-state index contributed by atoms with van der Waals surface area (Å²) in [6.07, 6.45) is 3.61. The molecular formula is C9H30P7Pb3. The van der Waals surface area contributed by atoms with Crippen LogP contribution in [0.2, 0.25) is 40.3 Å². The van der Waals surface area contributed by atoms with Gasteiger partial charge >= 0.3 is 108 Å². The smallest absolute Gasteiger partial charge is 0.0138 e. The Morgan fingerprint density at radius 3 is 0.684 bits per heavy atom. The first-order valence-electron chi connectivity index (χ1n) is 6.44. The third kappa shape index (κ3) is 13.8. The Morgan fingerprint density at radius 2 is 0.632 bits per heavy atom. The van der Waals surface area contributed by atoms with Crippen LogP contribution in [0.1, 0.15) is 0 Å². The largest absolute Gasteiger partial charge is 0.0734 e. The molecule has 10 heteroatoms. The molecule has 3 radical (unpaired) electrons. The van der Waals surface area contributed by atoms with Crippen LogP contribution < -0.4 is 0 Å². The monoisotopic (exact) mass is 979 g/mol. The van der Waals surface area contributed by atoms with Crippen LogP contribution in [-0.4, -0.2) is 68.1 Å². The van der Waals surface area contributed by atoms with Crippen LogP contribution in [0.15, 0.2) is 0 Å². The molecule has 0 aliphatic carbocycles. The minimum Gasteiger partial charge on any atom is -0.0734 e. The molecule has 3 atom stereocenters. The quantitative estimate of drug-likeness (QED) is 0.197. The Hall–Kier alpha value is 4.87. The van der Waals surface area contributed by atoms with Gasteiger partial charge in [0.25, 0.3) is 0 Å². The second-order valence-electron chi connectivity index (χ2n) is 6.00. The van der Waals surface area contributed by atoms with E-state index in [1.54, 1.807) is 22.6 Å². The predicted molar refractivity (Wildman–Crippen MR) is 123 cm³/mol. The van der Waals surface area contributed by atoms with Crippen molar-refractivity contribution in [3.05, 3.63) is 0 Å². The molecule has 0 saturated heterocycles. The summed E-state index contributed by atoms with van der Waals surface area (Å²) >= 11 is -1.97. The van der Waals surface area contributed by atoms with Crippen molar-refractivity contribution < 1.29 is 0 Å². The average Bonchev–Trinajstić information content (AvgIpc) is 2.58. The molecule has 0 aliphatic rings. The molecule has 4 heterocycles. The molecule has 0 spiro atoms. The Labute approximate surface area is 153 Å². The minimum absolute atomic E-state index is 0.657. The maximum atomic E-state index is 2.38. The molecule has 0 fully saturated rings. The van der Waals surface area contributed by atoms with Crippen LogP contribution in [-0.2, 0) is 0 Å². The SMILES string of the molecule is [CH3][Pb]([CH3])[CH3].[CH3][Pb]([CH3])[CH3].[CH3][Pb]([CH3])[CH3].[pH]1p2[pH]p3p1p3[pH]2. The molecule has 0 aliphatic heterocycles. The van der Waals surface area contributed by atoms with Gasteiger partial charge in [0.2, 0.25) is 0 Å². The van der Waals surface area contributed by atoms with Crippen LogP contribution >= 0.6 is 48.1 Å². The van der Waals surface area contributed by atoms with Crippen molar-refractivity contribution in [3.8, 4) is 0 Å². The van der Waals surface area contributed by atoms with Gasteiger partial charge in [-0.1, -0.05) is 22.6 Å². The van der Waals surface area contributed by atoms with E-state index in [4.69, 9.17) is 0 Å². The third-order valence-corrected chi connectivity index (χ3v) is 82.3. The standard InChI is InChI=1S/9CH3.H3P7.3Pb/c;;;;;;;;;1-4-2-6-5(1)7(6)3-4;;;/h9*1H3;1-3H;;;. The first-order valence-corrected chi connectivity index (χ1v) is 57.0. The molecule has 4 aromatic rings. The van der Waals surface area contributed by atoms with Crippen LogP contribution in [0.3, 0.4) is 0 Å². The molecule has 3 unspecified atom stereocenters. The van der Waals surface area contributed by atoms with Gasteiger partial charge in [-0.3, -0.25) is 0 Å². The van der Waals surface area contributed by atoms with Gasteiger partial charge in [-0.05, 0) is 25.5 Å². The van der Waals surface area contributed by atoms with Crippen LogP contribution in [0.5, 0.6) is 0 Å². The first kappa shape index (κ1) is 23.9. The molecule has 0 N–H and O–H groups in total. The van der Waals surface area contributed by atoms with E-state index < -0.39 is 68.1 Å². The summed E-state index contributed by atoms with van der Waals surface area (Å²) in [4.78, 5) is 0. The van der Waals surface area contributed by atoms with Gasteiger partial charge in [0.15, 0.2) is 0 Å². The van der Waals surface area contributed by atoms with Crippen molar-refractivity contribution in [2.24, 2.45) is 0 Å². The van der Waals surface area contributed by atoms with Crippen molar-refractivity contribution in [1.29, 1.82) is 0 Å². The topological polar surface area (TPSA) is 0 Å². The molecule has 0 aromatic carbocycles. The molecule has 19 heavy (non-hydrogen) atoms. The zero-order valence-corrected chi connectivity index (χ0v) is 32.0. The number of rotatable bonds is 0. The number of hydrogen-bond donors (Lipinski definition) is 0. The predicted octanol–water partition coefficient (Wildman–Crippen LogP) is 9.34. The van der Waals surface area contributed by atoms with Crippen molar-refractivity contribution in [2.75, 3.05) is 0 Å². The van der Waals surface area contributed by atoms with Crippen LogP contribution in [0, 0.1) is 0 Å². The summed E-state index contributed by atoms with van der Waals surface area (Å²) in [5, 5.41) is 0. The van der Waals surface area contributed by atoms with Gasteiger partial charge in [0, 0.05) is 0 Å². The van der Waals surface area contributed by atoms with E-state index in [1.165, 1.54) is 0 Å². The zero-order valence-electron chi connectivity index (χ0n) is 13.8. The minimum atomic E-state index is -0.657. The summed E-state index contributed by atoms with van der Waals surface area (Å²) in [7, 11) is 4.85. The second-order valence-corrected chi connectivity index (χ2v) is 80.1. The summed E-state index contributed by atoms with van der Waals surface area (Å²) in [6, 6.07) is 0. The zero-order chi connectivity index (χ0) is 15.2. The summed E-state index contributed by atoms with van der Waals surface area (Å²) in [5.74, 6) is 0. The summed E-state index contributed by atoms with van der Waals surface area (Å²) in [5.41, 5.74) is 0. The Bertz CT molecular complexity index is 400. The fraction of sp³-hybridized carbons (Fsp3) is 1.00. The molecule has 4 aromatic heterocycles. The number of hydrogen-bond acceptors (Lipinski definition) is 0. The Kier molecular flexibility index (Phi) is 16.5. The van der Waals surface area contributed by atoms with E-state index in [2.05, 4.69) is 40.3 Å². The maximum Gasteiger partial charge on any atom is -0.0138 e.